The molecule has 6 nitrogen and oxygen atoms in total. The number of aromatic amines is 1. The van der Waals surface area contributed by atoms with E-state index in [0.29, 0.717) is 13.2 Å². The molecule has 4 aromatic rings. The molecule has 1 aliphatic heterocycles. The van der Waals surface area contributed by atoms with Crippen LogP contribution in [-0.4, -0.2) is 26.4 Å². The van der Waals surface area contributed by atoms with Crippen LogP contribution >= 0.6 is 11.3 Å². The number of pyridine rings is 2. The highest BCUT2D eigenvalue weighted by Gasteiger charge is 2.25. The molecule has 0 amide bonds. The summed E-state index contributed by atoms with van der Waals surface area (Å²) in [6.45, 7) is 1.20. The SMILES string of the molecule is O=c1[nH]c(Cn2cccn2)c2c3c(c(-c4ccncc4)sc13)OCCC2. The van der Waals surface area contributed by atoms with Gasteiger partial charge in [-0.15, -0.1) is 11.3 Å². The maximum absolute atomic E-state index is 12.8. The fourth-order valence-corrected chi connectivity index (χ4v) is 4.66. The van der Waals surface area contributed by atoms with Crippen LogP contribution in [0.1, 0.15) is 17.7 Å². The molecular formula is C19H16N4O2S. The first kappa shape index (κ1) is 15.3. The molecule has 26 heavy (non-hydrogen) atoms. The number of ether oxygens (including phenoxy) is 1. The van der Waals surface area contributed by atoms with Gasteiger partial charge in [0.1, 0.15) is 10.4 Å². The molecule has 4 aromatic heterocycles. The van der Waals surface area contributed by atoms with E-state index in [4.69, 9.17) is 4.74 Å². The number of nitrogens with zero attached hydrogens (tertiary/aromatic N) is 3. The zero-order valence-electron chi connectivity index (χ0n) is 13.9. The molecule has 0 saturated heterocycles. The Labute approximate surface area is 153 Å². The van der Waals surface area contributed by atoms with Crippen molar-refractivity contribution in [3.8, 4) is 16.2 Å². The van der Waals surface area contributed by atoms with Gasteiger partial charge in [-0.1, -0.05) is 0 Å². The van der Waals surface area contributed by atoms with Crippen molar-refractivity contribution in [2.75, 3.05) is 6.61 Å². The maximum Gasteiger partial charge on any atom is 0.266 e. The van der Waals surface area contributed by atoms with Crippen LogP contribution in [0.4, 0.5) is 0 Å². The molecule has 5 rings (SSSR count). The summed E-state index contributed by atoms with van der Waals surface area (Å²) in [5.41, 5.74) is 3.04. The van der Waals surface area contributed by atoms with Crippen molar-refractivity contribution in [1.82, 2.24) is 19.7 Å². The Hall–Kier alpha value is -2.93. The van der Waals surface area contributed by atoms with Crippen molar-refractivity contribution >= 4 is 21.4 Å². The van der Waals surface area contributed by atoms with Gasteiger partial charge in [-0.3, -0.25) is 14.5 Å². The summed E-state index contributed by atoms with van der Waals surface area (Å²) in [6, 6.07) is 5.79. The second-order valence-corrected chi connectivity index (χ2v) is 7.29. The number of H-pyrrole nitrogens is 1. The zero-order chi connectivity index (χ0) is 17.5. The predicted octanol–water partition coefficient (Wildman–Crippen LogP) is 3.22. The number of rotatable bonds is 3. The van der Waals surface area contributed by atoms with Crippen LogP contribution in [0.3, 0.4) is 0 Å². The molecule has 0 radical (unpaired) electrons. The van der Waals surface area contributed by atoms with E-state index in [9.17, 15) is 4.79 Å². The molecule has 0 aliphatic carbocycles. The van der Waals surface area contributed by atoms with Crippen LogP contribution in [0.15, 0.2) is 47.8 Å². The molecule has 0 unspecified atom stereocenters. The summed E-state index contributed by atoms with van der Waals surface area (Å²) in [5.74, 6) is 0.830. The highest BCUT2D eigenvalue weighted by molar-refractivity contribution is 7.22. The summed E-state index contributed by atoms with van der Waals surface area (Å²) < 4.78 is 8.66. The topological polar surface area (TPSA) is 72.8 Å². The summed E-state index contributed by atoms with van der Waals surface area (Å²) in [6.07, 6.45) is 8.97. The number of nitrogens with one attached hydrogen (secondary N) is 1. The first-order chi connectivity index (χ1) is 12.8. The van der Waals surface area contributed by atoms with E-state index in [0.717, 1.165) is 44.8 Å². The van der Waals surface area contributed by atoms with Crippen molar-refractivity contribution in [3.63, 3.8) is 0 Å². The molecular weight excluding hydrogens is 348 g/mol. The normalized spacial score (nSPS) is 13.5. The average Bonchev–Trinajstić information content (AvgIpc) is 3.25. The van der Waals surface area contributed by atoms with Crippen molar-refractivity contribution < 1.29 is 4.74 Å². The van der Waals surface area contributed by atoms with E-state index in [2.05, 4.69) is 15.1 Å². The second-order valence-electron chi connectivity index (χ2n) is 6.27. The molecule has 5 heterocycles. The van der Waals surface area contributed by atoms with Gasteiger partial charge in [-0.05, 0) is 42.2 Å². The zero-order valence-corrected chi connectivity index (χ0v) is 14.8. The smallest absolute Gasteiger partial charge is 0.266 e. The van der Waals surface area contributed by atoms with Gasteiger partial charge < -0.3 is 9.72 Å². The Bertz CT molecular complexity index is 1130. The predicted molar refractivity (Wildman–Crippen MR) is 101 cm³/mol. The highest BCUT2D eigenvalue weighted by atomic mass is 32.1. The van der Waals surface area contributed by atoms with Crippen LogP contribution in [0.25, 0.3) is 20.5 Å². The standard InChI is InChI=1S/C19H16N4O2S/c24-19-18-15-13(14(22-19)11-23-9-2-6-21-23)3-1-10-25-16(15)17(26-18)12-4-7-20-8-5-12/h2,4-9H,1,3,10-11H2,(H,22,24). The molecule has 0 saturated carbocycles. The van der Waals surface area contributed by atoms with E-state index in [1.807, 2.05) is 29.1 Å². The highest BCUT2D eigenvalue weighted by Crippen LogP contribution is 2.46. The first-order valence-electron chi connectivity index (χ1n) is 8.52. The monoisotopic (exact) mass is 364 g/mol. The Morgan fingerprint density at radius 1 is 1.27 bits per heavy atom. The number of aromatic nitrogens is 4. The Morgan fingerprint density at radius 2 is 2.15 bits per heavy atom. The minimum Gasteiger partial charge on any atom is -0.491 e. The fourth-order valence-electron chi connectivity index (χ4n) is 3.49. The van der Waals surface area contributed by atoms with Crippen LogP contribution in [-0.2, 0) is 13.0 Å². The van der Waals surface area contributed by atoms with Gasteiger partial charge in [0.05, 0.1) is 18.0 Å². The molecule has 1 aliphatic rings. The third-order valence-electron chi connectivity index (χ3n) is 4.64. The number of hydrogen-bond donors (Lipinski definition) is 1. The molecule has 0 fully saturated rings. The fraction of sp³-hybridized carbons (Fsp3) is 0.211. The van der Waals surface area contributed by atoms with Crippen LogP contribution in [0, 0.1) is 0 Å². The van der Waals surface area contributed by atoms with Gasteiger partial charge in [0.15, 0.2) is 0 Å². The van der Waals surface area contributed by atoms with Crippen LogP contribution in [0.2, 0.25) is 0 Å². The van der Waals surface area contributed by atoms with Crippen LogP contribution < -0.4 is 10.3 Å². The van der Waals surface area contributed by atoms with Gasteiger partial charge >= 0.3 is 0 Å². The van der Waals surface area contributed by atoms with E-state index < -0.39 is 0 Å². The molecule has 1 N–H and O–H groups in total. The van der Waals surface area contributed by atoms with E-state index >= 15 is 0 Å². The van der Waals surface area contributed by atoms with Gasteiger partial charge in [0.2, 0.25) is 0 Å². The Balaban J connectivity index is 1.78. The maximum atomic E-state index is 12.8. The summed E-state index contributed by atoms with van der Waals surface area (Å²) in [5, 5.41) is 5.24. The lowest BCUT2D eigenvalue weighted by Crippen LogP contribution is -2.14. The first-order valence-corrected chi connectivity index (χ1v) is 9.34. The number of aryl methyl sites for hydroxylation is 1. The average molecular weight is 364 g/mol. The van der Waals surface area contributed by atoms with E-state index in [-0.39, 0.29) is 5.56 Å². The number of hydrogen-bond acceptors (Lipinski definition) is 5. The Kier molecular flexibility index (Phi) is 3.60. The van der Waals surface area contributed by atoms with Crippen molar-refractivity contribution in [2.45, 2.75) is 19.4 Å². The Morgan fingerprint density at radius 3 is 2.96 bits per heavy atom. The largest absolute Gasteiger partial charge is 0.491 e. The van der Waals surface area contributed by atoms with Crippen LogP contribution in [0.5, 0.6) is 5.75 Å². The lowest BCUT2D eigenvalue weighted by Gasteiger charge is -2.10. The lowest BCUT2D eigenvalue weighted by atomic mass is 10.0. The lowest BCUT2D eigenvalue weighted by molar-refractivity contribution is 0.321. The van der Waals surface area contributed by atoms with E-state index in [1.54, 1.807) is 18.6 Å². The summed E-state index contributed by atoms with van der Waals surface area (Å²) >= 11 is 1.49. The number of thiophene rings is 1. The second kappa shape index (κ2) is 6.10. The van der Waals surface area contributed by atoms with Gasteiger partial charge in [0, 0.05) is 35.9 Å². The summed E-state index contributed by atoms with van der Waals surface area (Å²) in [7, 11) is 0. The van der Waals surface area contributed by atoms with Crippen molar-refractivity contribution in [2.24, 2.45) is 0 Å². The molecule has 0 aromatic carbocycles. The minimum absolute atomic E-state index is 0.0667. The van der Waals surface area contributed by atoms with Crippen molar-refractivity contribution in [3.05, 3.63) is 64.6 Å². The molecule has 130 valence electrons. The third-order valence-corrected chi connectivity index (χ3v) is 5.86. The van der Waals surface area contributed by atoms with E-state index in [1.165, 1.54) is 16.9 Å². The van der Waals surface area contributed by atoms with Gasteiger partial charge in [0.25, 0.3) is 5.56 Å². The molecule has 0 atom stereocenters. The van der Waals surface area contributed by atoms with Gasteiger partial charge in [-0.25, -0.2) is 0 Å². The minimum atomic E-state index is -0.0667. The van der Waals surface area contributed by atoms with Crippen molar-refractivity contribution in [1.29, 1.82) is 0 Å². The van der Waals surface area contributed by atoms with Gasteiger partial charge in [-0.2, -0.15) is 5.10 Å². The third kappa shape index (κ3) is 2.43. The molecule has 7 heteroatoms. The quantitative estimate of drug-likeness (QED) is 0.606. The summed E-state index contributed by atoms with van der Waals surface area (Å²) in [4.78, 5) is 21.0. The molecule has 0 bridgehead atoms. The molecule has 0 spiro atoms.